The maximum atomic E-state index is 11.9. The van der Waals surface area contributed by atoms with E-state index in [1.54, 1.807) is 6.92 Å². The highest BCUT2D eigenvalue weighted by molar-refractivity contribution is 5.75. The molecule has 0 N–H and O–H groups in total. The molecule has 1 amide bonds. The number of rotatable bonds is 1. The van der Waals surface area contributed by atoms with Crippen molar-refractivity contribution in [2.75, 3.05) is 6.54 Å². The SMILES string of the molecule is C.CC(=O)N1CCc2ccccc2C1c1ccccc1. The highest BCUT2D eigenvalue weighted by atomic mass is 16.2. The van der Waals surface area contributed by atoms with E-state index in [0.29, 0.717) is 0 Å². The fourth-order valence-electron chi connectivity index (χ4n) is 2.90. The van der Waals surface area contributed by atoms with E-state index in [2.05, 4.69) is 36.4 Å². The molecule has 3 rings (SSSR count). The quantitative estimate of drug-likeness (QED) is 0.769. The number of carbonyl (C=O) groups is 1. The molecule has 0 saturated heterocycles. The molecule has 1 aliphatic heterocycles. The van der Waals surface area contributed by atoms with Crippen LogP contribution in [0.2, 0.25) is 0 Å². The molecule has 2 nitrogen and oxygen atoms in total. The molecule has 0 saturated carbocycles. The predicted molar refractivity (Wildman–Crippen MR) is 82.5 cm³/mol. The van der Waals surface area contributed by atoms with E-state index in [1.807, 2.05) is 23.1 Å². The summed E-state index contributed by atoms with van der Waals surface area (Å²) in [6, 6.07) is 18.8. The van der Waals surface area contributed by atoms with Gasteiger partial charge in [-0.3, -0.25) is 4.79 Å². The van der Waals surface area contributed by atoms with E-state index >= 15 is 0 Å². The first-order valence-corrected chi connectivity index (χ1v) is 6.67. The second-order valence-electron chi connectivity index (χ2n) is 4.97. The molecule has 1 heterocycles. The van der Waals surface area contributed by atoms with Gasteiger partial charge in [-0.25, -0.2) is 0 Å². The average Bonchev–Trinajstić information content (AvgIpc) is 2.46. The lowest BCUT2D eigenvalue weighted by atomic mass is 9.88. The Kier molecular flexibility index (Phi) is 4.23. The Morgan fingerprint density at radius 1 is 1.05 bits per heavy atom. The van der Waals surface area contributed by atoms with Crippen molar-refractivity contribution in [1.29, 1.82) is 0 Å². The summed E-state index contributed by atoms with van der Waals surface area (Å²) in [4.78, 5) is 13.9. The third-order valence-electron chi connectivity index (χ3n) is 3.80. The van der Waals surface area contributed by atoms with Crippen LogP contribution in [0.3, 0.4) is 0 Å². The molecule has 1 aliphatic rings. The highest BCUT2D eigenvalue weighted by Crippen LogP contribution is 2.34. The zero-order valence-electron chi connectivity index (χ0n) is 11.0. The predicted octanol–water partition coefficient (Wildman–Crippen LogP) is 3.82. The summed E-state index contributed by atoms with van der Waals surface area (Å²) in [7, 11) is 0. The summed E-state index contributed by atoms with van der Waals surface area (Å²) >= 11 is 0. The van der Waals surface area contributed by atoms with Crippen LogP contribution in [0.15, 0.2) is 54.6 Å². The Bertz CT molecular complexity index is 591. The number of hydrogen-bond acceptors (Lipinski definition) is 1. The van der Waals surface area contributed by atoms with Gasteiger partial charge >= 0.3 is 0 Å². The van der Waals surface area contributed by atoms with Gasteiger partial charge in [-0.2, -0.15) is 0 Å². The standard InChI is InChI=1S/C17H17NO.CH4/c1-13(19)18-12-11-14-7-5-6-10-16(14)17(18)15-8-3-2-4-9-15;/h2-10,17H,11-12H2,1H3;1H4. The van der Waals surface area contributed by atoms with Gasteiger partial charge < -0.3 is 4.90 Å². The Labute approximate surface area is 121 Å². The molecule has 1 unspecified atom stereocenters. The molecular formula is C18H21NO. The average molecular weight is 267 g/mol. The Balaban J connectivity index is 0.00000147. The van der Waals surface area contributed by atoms with Gasteiger partial charge in [0.2, 0.25) is 5.91 Å². The number of amides is 1. The molecule has 0 aromatic heterocycles. The minimum absolute atomic E-state index is 0. The fourth-order valence-corrected chi connectivity index (χ4v) is 2.90. The minimum atomic E-state index is 0. The van der Waals surface area contributed by atoms with Gasteiger partial charge in [-0.05, 0) is 23.1 Å². The number of benzene rings is 2. The monoisotopic (exact) mass is 267 g/mol. The zero-order chi connectivity index (χ0) is 13.2. The molecular weight excluding hydrogens is 246 g/mol. The van der Waals surface area contributed by atoms with E-state index in [-0.39, 0.29) is 19.4 Å². The third-order valence-corrected chi connectivity index (χ3v) is 3.80. The summed E-state index contributed by atoms with van der Waals surface area (Å²) < 4.78 is 0. The number of fused-ring (bicyclic) bond motifs is 1. The molecule has 2 aromatic carbocycles. The van der Waals surface area contributed by atoms with Crippen molar-refractivity contribution in [3.8, 4) is 0 Å². The smallest absolute Gasteiger partial charge is 0.220 e. The second-order valence-corrected chi connectivity index (χ2v) is 4.97. The van der Waals surface area contributed by atoms with E-state index in [4.69, 9.17) is 0 Å². The molecule has 0 bridgehead atoms. The van der Waals surface area contributed by atoms with Crippen LogP contribution in [-0.4, -0.2) is 17.4 Å². The first-order valence-electron chi connectivity index (χ1n) is 6.67. The van der Waals surface area contributed by atoms with Crippen molar-refractivity contribution in [3.63, 3.8) is 0 Å². The van der Waals surface area contributed by atoms with Gasteiger partial charge in [-0.15, -0.1) is 0 Å². The molecule has 1 atom stereocenters. The lowest BCUT2D eigenvalue weighted by Crippen LogP contribution is -2.39. The molecule has 2 heteroatoms. The first-order chi connectivity index (χ1) is 9.27. The summed E-state index contributed by atoms with van der Waals surface area (Å²) in [5.41, 5.74) is 3.80. The van der Waals surface area contributed by atoms with Crippen LogP contribution in [0.4, 0.5) is 0 Å². The maximum Gasteiger partial charge on any atom is 0.220 e. The van der Waals surface area contributed by atoms with Gasteiger partial charge in [0.15, 0.2) is 0 Å². The van der Waals surface area contributed by atoms with E-state index in [0.717, 1.165) is 13.0 Å². The van der Waals surface area contributed by atoms with Gasteiger partial charge in [0.25, 0.3) is 0 Å². The summed E-state index contributed by atoms with van der Waals surface area (Å²) in [6.07, 6.45) is 0.944. The second kappa shape index (κ2) is 5.91. The minimum Gasteiger partial charge on any atom is -0.331 e. The lowest BCUT2D eigenvalue weighted by molar-refractivity contribution is -0.130. The van der Waals surface area contributed by atoms with E-state index in [9.17, 15) is 4.79 Å². The fraction of sp³-hybridized carbons (Fsp3) is 0.278. The molecule has 0 fully saturated rings. The van der Waals surface area contributed by atoms with Crippen LogP contribution in [0.25, 0.3) is 0 Å². The first kappa shape index (κ1) is 14.3. The highest BCUT2D eigenvalue weighted by Gasteiger charge is 2.29. The van der Waals surface area contributed by atoms with Gasteiger partial charge in [0, 0.05) is 13.5 Å². The largest absolute Gasteiger partial charge is 0.331 e. The van der Waals surface area contributed by atoms with Crippen molar-refractivity contribution in [1.82, 2.24) is 4.90 Å². The topological polar surface area (TPSA) is 20.3 Å². The Morgan fingerprint density at radius 3 is 2.40 bits per heavy atom. The maximum absolute atomic E-state index is 11.9. The summed E-state index contributed by atoms with van der Waals surface area (Å²) in [5, 5.41) is 0. The third kappa shape index (κ3) is 2.46. The zero-order valence-corrected chi connectivity index (χ0v) is 11.0. The van der Waals surface area contributed by atoms with Gasteiger partial charge in [0.05, 0.1) is 6.04 Å². The number of hydrogen-bond donors (Lipinski definition) is 0. The lowest BCUT2D eigenvalue weighted by Gasteiger charge is -2.37. The van der Waals surface area contributed by atoms with Crippen LogP contribution in [0, 0.1) is 0 Å². The van der Waals surface area contributed by atoms with Crippen molar-refractivity contribution in [2.24, 2.45) is 0 Å². The molecule has 0 spiro atoms. The van der Waals surface area contributed by atoms with Gasteiger partial charge in [-0.1, -0.05) is 62.0 Å². The van der Waals surface area contributed by atoms with Crippen LogP contribution in [-0.2, 0) is 11.2 Å². The molecule has 104 valence electrons. The number of nitrogens with zero attached hydrogens (tertiary/aromatic N) is 1. The van der Waals surface area contributed by atoms with E-state index in [1.165, 1.54) is 16.7 Å². The molecule has 20 heavy (non-hydrogen) atoms. The molecule has 2 aromatic rings. The van der Waals surface area contributed by atoms with Crippen molar-refractivity contribution in [2.45, 2.75) is 26.8 Å². The van der Waals surface area contributed by atoms with Crippen LogP contribution < -0.4 is 0 Å². The van der Waals surface area contributed by atoms with Crippen LogP contribution in [0.1, 0.15) is 37.1 Å². The van der Waals surface area contributed by atoms with Crippen molar-refractivity contribution >= 4 is 5.91 Å². The van der Waals surface area contributed by atoms with Crippen LogP contribution in [0.5, 0.6) is 0 Å². The van der Waals surface area contributed by atoms with Crippen LogP contribution >= 0.6 is 0 Å². The van der Waals surface area contributed by atoms with Crippen molar-refractivity contribution in [3.05, 3.63) is 71.3 Å². The van der Waals surface area contributed by atoms with E-state index < -0.39 is 0 Å². The Morgan fingerprint density at radius 2 is 1.70 bits per heavy atom. The van der Waals surface area contributed by atoms with Gasteiger partial charge in [0.1, 0.15) is 0 Å². The normalized spacial score (nSPS) is 17.1. The van der Waals surface area contributed by atoms with Crippen molar-refractivity contribution < 1.29 is 4.79 Å². The summed E-state index contributed by atoms with van der Waals surface area (Å²) in [5.74, 6) is 0.142. The summed E-state index contributed by atoms with van der Waals surface area (Å²) in [6.45, 7) is 2.45. The Hall–Kier alpha value is -2.09. The molecule has 0 aliphatic carbocycles. The number of carbonyl (C=O) groups excluding carboxylic acids is 1. The molecule has 0 radical (unpaired) electrons.